The van der Waals surface area contributed by atoms with E-state index in [-0.39, 0.29) is 0 Å². The minimum Gasteiger partial charge on any atom is -0.156 e. The molecule has 1 rings (SSSR count). The largest absolute Gasteiger partial charge is 0.156 e. The third-order valence-electron chi connectivity index (χ3n) is 1.42. The quantitative estimate of drug-likeness (QED) is 0.468. The summed E-state index contributed by atoms with van der Waals surface area (Å²) in [5.74, 6) is 1.38. The molecule has 0 bridgehead atoms. The predicted octanol–water partition coefficient (Wildman–Crippen LogP) is 2.29. The van der Waals surface area contributed by atoms with Crippen LogP contribution in [0.4, 0.5) is 0 Å². The highest BCUT2D eigenvalue weighted by Crippen LogP contribution is 2.36. The summed E-state index contributed by atoms with van der Waals surface area (Å²) in [5.41, 5.74) is 0. The van der Waals surface area contributed by atoms with Crippen molar-refractivity contribution in [2.24, 2.45) is 0 Å². The zero-order valence-corrected chi connectivity index (χ0v) is 5.85. The second-order valence-electron chi connectivity index (χ2n) is 2.71. The summed E-state index contributed by atoms with van der Waals surface area (Å²) in [6.45, 7) is 4.65. The summed E-state index contributed by atoms with van der Waals surface area (Å²) in [5, 5.41) is 0. The van der Waals surface area contributed by atoms with E-state index in [1.165, 1.54) is 18.6 Å². The molecule has 0 aromatic heterocycles. The molecular formula is C6H12S. The molecule has 0 aromatic carbocycles. The molecule has 1 heteroatoms. The van der Waals surface area contributed by atoms with E-state index < -0.39 is 0 Å². The fraction of sp³-hybridized carbons (Fsp3) is 1.00. The van der Waals surface area contributed by atoms with Crippen LogP contribution < -0.4 is 0 Å². The lowest BCUT2D eigenvalue weighted by atomic mass is 10.1. The highest BCUT2D eigenvalue weighted by atomic mass is 32.2. The van der Waals surface area contributed by atoms with Gasteiger partial charge in [-0.1, -0.05) is 13.8 Å². The van der Waals surface area contributed by atoms with Crippen LogP contribution in [0.1, 0.15) is 26.7 Å². The Labute approximate surface area is 49.7 Å². The molecule has 1 saturated heterocycles. The van der Waals surface area contributed by atoms with E-state index in [0.717, 1.165) is 0 Å². The lowest BCUT2D eigenvalue weighted by Crippen LogP contribution is -2.06. The van der Waals surface area contributed by atoms with Crippen LogP contribution in [0, 0.1) is 0 Å². The van der Waals surface area contributed by atoms with Gasteiger partial charge in [0.25, 0.3) is 0 Å². The molecule has 0 spiro atoms. The third kappa shape index (κ3) is 1.37. The number of thioether (sulfide) groups is 1. The number of rotatable bonds is 0. The number of hydrogen-bond acceptors (Lipinski definition) is 1. The summed E-state index contributed by atoms with van der Waals surface area (Å²) >= 11 is 2.10. The molecule has 0 N–H and O–H groups in total. The van der Waals surface area contributed by atoms with E-state index in [1.807, 2.05) is 0 Å². The smallest absolute Gasteiger partial charge is 0.0104 e. The van der Waals surface area contributed by atoms with E-state index in [0.29, 0.717) is 4.75 Å². The zero-order valence-electron chi connectivity index (χ0n) is 5.03. The van der Waals surface area contributed by atoms with E-state index in [2.05, 4.69) is 25.6 Å². The third-order valence-corrected chi connectivity index (χ3v) is 2.89. The molecule has 0 amide bonds. The summed E-state index contributed by atoms with van der Waals surface area (Å²) in [6.07, 6.45) is 2.84. The molecule has 0 atom stereocenters. The topological polar surface area (TPSA) is 0 Å². The van der Waals surface area contributed by atoms with Crippen LogP contribution in [0.25, 0.3) is 0 Å². The first kappa shape index (κ1) is 5.49. The van der Waals surface area contributed by atoms with Crippen molar-refractivity contribution in [2.45, 2.75) is 31.4 Å². The molecule has 0 radical (unpaired) electrons. The van der Waals surface area contributed by atoms with Crippen LogP contribution in [-0.4, -0.2) is 10.5 Å². The van der Waals surface area contributed by atoms with Crippen molar-refractivity contribution < 1.29 is 0 Å². The van der Waals surface area contributed by atoms with Gasteiger partial charge in [0.05, 0.1) is 0 Å². The first-order valence-corrected chi connectivity index (χ1v) is 3.83. The van der Waals surface area contributed by atoms with Crippen LogP contribution >= 0.6 is 11.8 Å². The fourth-order valence-corrected chi connectivity index (χ4v) is 2.05. The van der Waals surface area contributed by atoms with Crippen molar-refractivity contribution in [1.82, 2.24) is 0 Å². The Balaban J connectivity index is 2.40. The molecule has 0 saturated carbocycles. The van der Waals surface area contributed by atoms with Gasteiger partial charge in [-0.3, -0.25) is 0 Å². The predicted molar refractivity (Wildman–Crippen MR) is 35.8 cm³/mol. The second kappa shape index (κ2) is 1.70. The normalized spacial score (nSPS) is 28.3. The molecule has 1 aliphatic rings. The molecule has 7 heavy (non-hydrogen) atoms. The summed E-state index contributed by atoms with van der Waals surface area (Å²) in [7, 11) is 0. The van der Waals surface area contributed by atoms with E-state index in [4.69, 9.17) is 0 Å². The Morgan fingerprint density at radius 3 is 2.29 bits per heavy atom. The van der Waals surface area contributed by atoms with Crippen LogP contribution in [0.3, 0.4) is 0 Å². The van der Waals surface area contributed by atoms with Gasteiger partial charge in [-0.25, -0.2) is 0 Å². The summed E-state index contributed by atoms with van der Waals surface area (Å²) in [6, 6.07) is 0. The Kier molecular flexibility index (Phi) is 1.33. The van der Waals surface area contributed by atoms with Gasteiger partial charge in [0.15, 0.2) is 0 Å². The highest BCUT2D eigenvalue weighted by molar-refractivity contribution is 8.00. The zero-order chi connectivity index (χ0) is 5.33. The minimum atomic E-state index is 0.611. The SMILES string of the molecule is CC1(C)CCCS1. The van der Waals surface area contributed by atoms with Gasteiger partial charge in [-0.2, -0.15) is 11.8 Å². The monoisotopic (exact) mass is 116 g/mol. The minimum absolute atomic E-state index is 0.611. The van der Waals surface area contributed by atoms with E-state index >= 15 is 0 Å². The van der Waals surface area contributed by atoms with Crippen molar-refractivity contribution in [3.63, 3.8) is 0 Å². The Bertz CT molecular complexity index is 58.6. The molecule has 1 heterocycles. The Morgan fingerprint density at radius 1 is 1.43 bits per heavy atom. The maximum atomic E-state index is 2.32. The molecule has 1 aliphatic heterocycles. The van der Waals surface area contributed by atoms with Crippen LogP contribution in [-0.2, 0) is 0 Å². The maximum Gasteiger partial charge on any atom is 0.0104 e. The van der Waals surface area contributed by atoms with E-state index in [1.54, 1.807) is 0 Å². The van der Waals surface area contributed by atoms with Crippen LogP contribution in [0.5, 0.6) is 0 Å². The molecule has 0 aliphatic carbocycles. The number of hydrogen-bond donors (Lipinski definition) is 0. The van der Waals surface area contributed by atoms with E-state index in [9.17, 15) is 0 Å². The first-order chi connectivity index (χ1) is 3.21. The first-order valence-electron chi connectivity index (χ1n) is 2.85. The average molecular weight is 116 g/mol. The maximum absolute atomic E-state index is 2.32. The Hall–Kier alpha value is 0.350. The summed E-state index contributed by atoms with van der Waals surface area (Å²) < 4.78 is 0.611. The van der Waals surface area contributed by atoms with Crippen LogP contribution in [0.15, 0.2) is 0 Å². The second-order valence-corrected chi connectivity index (χ2v) is 4.51. The molecule has 0 aromatic rings. The van der Waals surface area contributed by atoms with Gasteiger partial charge in [-0.15, -0.1) is 0 Å². The van der Waals surface area contributed by atoms with Gasteiger partial charge in [0, 0.05) is 4.75 Å². The molecule has 42 valence electrons. The van der Waals surface area contributed by atoms with Crippen molar-refractivity contribution in [3.05, 3.63) is 0 Å². The van der Waals surface area contributed by atoms with Crippen LogP contribution in [0.2, 0.25) is 0 Å². The van der Waals surface area contributed by atoms with Gasteiger partial charge in [-0.05, 0) is 18.6 Å². The molecular weight excluding hydrogens is 104 g/mol. The lowest BCUT2D eigenvalue weighted by Gasteiger charge is -2.13. The molecule has 0 unspecified atom stereocenters. The molecule has 1 fully saturated rings. The van der Waals surface area contributed by atoms with Crippen molar-refractivity contribution in [2.75, 3.05) is 5.75 Å². The molecule has 0 nitrogen and oxygen atoms in total. The van der Waals surface area contributed by atoms with Crippen molar-refractivity contribution in [3.8, 4) is 0 Å². The highest BCUT2D eigenvalue weighted by Gasteiger charge is 2.22. The lowest BCUT2D eigenvalue weighted by molar-refractivity contribution is 0.665. The summed E-state index contributed by atoms with van der Waals surface area (Å²) in [4.78, 5) is 0. The Morgan fingerprint density at radius 2 is 2.14 bits per heavy atom. The van der Waals surface area contributed by atoms with Crippen molar-refractivity contribution >= 4 is 11.8 Å². The average Bonchev–Trinajstić information content (AvgIpc) is 1.84. The van der Waals surface area contributed by atoms with Gasteiger partial charge < -0.3 is 0 Å². The van der Waals surface area contributed by atoms with Gasteiger partial charge in [0.2, 0.25) is 0 Å². The van der Waals surface area contributed by atoms with Gasteiger partial charge >= 0.3 is 0 Å². The fourth-order valence-electron chi connectivity index (χ4n) is 0.919. The van der Waals surface area contributed by atoms with Gasteiger partial charge in [0.1, 0.15) is 0 Å². The van der Waals surface area contributed by atoms with Crippen molar-refractivity contribution in [1.29, 1.82) is 0 Å². The standard InChI is InChI=1S/C6H12S/c1-6(2)4-3-5-7-6/h3-5H2,1-2H3.